The quantitative estimate of drug-likeness (QED) is 0.587. The van der Waals surface area contributed by atoms with E-state index in [1.54, 1.807) is 0 Å². The van der Waals surface area contributed by atoms with E-state index in [0.717, 1.165) is 29.5 Å². The Morgan fingerprint density at radius 1 is 1.14 bits per heavy atom. The Hall–Kier alpha value is -0.990. The molecule has 21 heavy (non-hydrogen) atoms. The van der Waals surface area contributed by atoms with Gasteiger partial charge in [-0.2, -0.15) is 0 Å². The third-order valence-corrected chi connectivity index (χ3v) is 4.17. The molecule has 0 fully saturated rings. The summed E-state index contributed by atoms with van der Waals surface area (Å²) in [5, 5.41) is 5.59. The topological polar surface area (TPSA) is 27.8 Å². The van der Waals surface area contributed by atoms with E-state index in [4.69, 9.17) is 11.6 Å². The van der Waals surface area contributed by atoms with Gasteiger partial charge in [-0.3, -0.25) is 0 Å². The van der Waals surface area contributed by atoms with Crippen molar-refractivity contribution in [1.29, 1.82) is 0 Å². The van der Waals surface area contributed by atoms with Crippen LogP contribution in [0.2, 0.25) is 5.02 Å². The predicted octanol–water partition coefficient (Wildman–Crippen LogP) is 5.52. The van der Waals surface area contributed by atoms with Gasteiger partial charge in [-0.25, -0.2) is 0 Å². The zero-order chi connectivity index (χ0) is 15.1. The average molecular weight is 307 g/mol. The monoisotopic (exact) mass is 306 g/mol. The maximum atomic E-state index is 6.00. The molecule has 2 nitrogen and oxygen atoms in total. The summed E-state index contributed by atoms with van der Waals surface area (Å²) in [4.78, 5) is 3.28. The highest BCUT2D eigenvalue weighted by atomic mass is 35.5. The lowest BCUT2D eigenvalue weighted by Gasteiger charge is -2.06. The number of benzene rings is 1. The molecule has 0 atom stereocenters. The van der Waals surface area contributed by atoms with Crippen LogP contribution in [0.3, 0.4) is 0 Å². The van der Waals surface area contributed by atoms with Gasteiger partial charge in [0.2, 0.25) is 0 Å². The van der Waals surface area contributed by atoms with E-state index in [-0.39, 0.29) is 0 Å². The van der Waals surface area contributed by atoms with Gasteiger partial charge in [-0.1, -0.05) is 57.2 Å². The summed E-state index contributed by atoms with van der Waals surface area (Å²) in [5.41, 5.74) is 2.44. The molecule has 2 rings (SSSR count). The fraction of sp³-hybridized carbons (Fsp3) is 0.556. The zero-order valence-corrected chi connectivity index (χ0v) is 14.0. The number of hydrogen-bond acceptors (Lipinski definition) is 1. The molecule has 0 spiro atoms. The van der Waals surface area contributed by atoms with Crippen LogP contribution in [-0.2, 0) is 6.54 Å². The number of nitrogens with one attached hydrogen (secondary N) is 2. The molecule has 0 aliphatic rings. The molecule has 0 radical (unpaired) electrons. The first-order chi connectivity index (χ1) is 10.2. The fourth-order valence-electron chi connectivity index (χ4n) is 2.68. The average Bonchev–Trinajstić information content (AvgIpc) is 2.83. The second-order valence-corrected chi connectivity index (χ2v) is 6.71. The summed E-state index contributed by atoms with van der Waals surface area (Å²) in [5.74, 6) is 0.846. The maximum Gasteiger partial charge on any atom is 0.0472 e. The molecule has 0 amide bonds. The summed E-state index contributed by atoms with van der Waals surface area (Å²) in [6.45, 7) is 6.63. The number of aromatic amines is 1. The first-order valence-corrected chi connectivity index (χ1v) is 8.51. The van der Waals surface area contributed by atoms with Crippen LogP contribution in [0.25, 0.3) is 10.9 Å². The SMILES string of the molecule is CC(C)CCCCCCNCc1c[nH]c2cc(Cl)ccc12. The van der Waals surface area contributed by atoms with Crippen molar-refractivity contribution in [3.63, 3.8) is 0 Å². The summed E-state index contributed by atoms with van der Waals surface area (Å²) in [6, 6.07) is 6.03. The highest BCUT2D eigenvalue weighted by Crippen LogP contribution is 2.21. The van der Waals surface area contributed by atoms with Gasteiger partial charge >= 0.3 is 0 Å². The zero-order valence-electron chi connectivity index (χ0n) is 13.2. The van der Waals surface area contributed by atoms with Crippen molar-refractivity contribution in [2.75, 3.05) is 6.54 Å². The number of unbranched alkanes of at least 4 members (excludes halogenated alkanes) is 3. The number of fused-ring (bicyclic) bond motifs is 1. The van der Waals surface area contributed by atoms with Gasteiger partial charge in [-0.05, 0) is 36.6 Å². The molecule has 0 aliphatic heterocycles. The van der Waals surface area contributed by atoms with E-state index < -0.39 is 0 Å². The van der Waals surface area contributed by atoms with Crippen molar-refractivity contribution in [2.24, 2.45) is 5.92 Å². The molecule has 116 valence electrons. The van der Waals surface area contributed by atoms with Crippen LogP contribution in [0.1, 0.15) is 51.5 Å². The Labute approximate surface area is 133 Å². The van der Waals surface area contributed by atoms with Crippen molar-refractivity contribution in [1.82, 2.24) is 10.3 Å². The van der Waals surface area contributed by atoms with E-state index in [1.807, 2.05) is 12.1 Å². The molecule has 0 saturated carbocycles. The van der Waals surface area contributed by atoms with Crippen LogP contribution in [0.15, 0.2) is 24.4 Å². The van der Waals surface area contributed by atoms with Gasteiger partial charge in [0.25, 0.3) is 0 Å². The second kappa shape index (κ2) is 8.45. The van der Waals surface area contributed by atoms with Gasteiger partial charge in [0, 0.05) is 28.7 Å². The molecule has 0 bridgehead atoms. The second-order valence-electron chi connectivity index (χ2n) is 6.28. The van der Waals surface area contributed by atoms with Gasteiger partial charge < -0.3 is 10.3 Å². The third-order valence-electron chi connectivity index (χ3n) is 3.93. The molecule has 3 heteroatoms. The van der Waals surface area contributed by atoms with Gasteiger partial charge in [0.05, 0.1) is 0 Å². The minimum Gasteiger partial charge on any atom is -0.361 e. The van der Waals surface area contributed by atoms with Crippen molar-refractivity contribution in [3.05, 3.63) is 35.0 Å². The lowest BCUT2D eigenvalue weighted by molar-refractivity contribution is 0.512. The standard InChI is InChI=1S/C18H27ClN2/c1-14(2)7-5-3-4-6-10-20-12-15-13-21-18-11-16(19)8-9-17(15)18/h8-9,11,13-14,20-21H,3-7,10,12H2,1-2H3. The first kappa shape index (κ1) is 16.4. The number of halogens is 1. The van der Waals surface area contributed by atoms with Gasteiger partial charge in [0.1, 0.15) is 0 Å². The molecule has 2 N–H and O–H groups in total. The van der Waals surface area contributed by atoms with Crippen LogP contribution in [0.4, 0.5) is 0 Å². The van der Waals surface area contributed by atoms with Crippen molar-refractivity contribution in [2.45, 2.75) is 52.5 Å². The van der Waals surface area contributed by atoms with E-state index in [1.165, 1.54) is 43.1 Å². The van der Waals surface area contributed by atoms with E-state index in [9.17, 15) is 0 Å². The van der Waals surface area contributed by atoms with Crippen LogP contribution in [0.5, 0.6) is 0 Å². The molecule has 1 aromatic carbocycles. The Bertz CT molecular complexity index is 545. The van der Waals surface area contributed by atoms with Crippen LogP contribution >= 0.6 is 11.6 Å². The number of H-pyrrole nitrogens is 1. The molecule has 2 aromatic rings. The molecule has 1 heterocycles. The molecule has 1 aromatic heterocycles. The van der Waals surface area contributed by atoms with Crippen molar-refractivity contribution >= 4 is 22.5 Å². The fourth-order valence-corrected chi connectivity index (χ4v) is 2.86. The number of hydrogen-bond donors (Lipinski definition) is 2. The summed E-state index contributed by atoms with van der Waals surface area (Å²) < 4.78 is 0. The van der Waals surface area contributed by atoms with Crippen LogP contribution in [0, 0.1) is 5.92 Å². The largest absolute Gasteiger partial charge is 0.361 e. The van der Waals surface area contributed by atoms with Crippen LogP contribution < -0.4 is 5.32 Å². The molecule has 0 aliphatic carbocycles. The van der Waals surface area contributed by atoms with Gasteiger partial charge in [0.15, 0.2) is 0 Å². The smallest absolute Gasteiger partial charge is 0.0472 e. The number of rotatable bonds is 9. The lowest BCUT2D eigenvalue weighted by atomic mass is 10.0. The van der Waals surface area contributed by atoms with E-state index in [0.29, 0.717) is 0 Å². The Morgan fingerprint density at radius 2 is 1.95 bits per heavy atom. The minimum absolute atomic E-state index is 0.783. The minimum atomic E-state index is 0.783. The molecular weight excluding hydrogens is 280 g/mol. The van der Waals surface area contributed by atoms with Gasteiger partial charge in [-0.15, -0.1) is 0 Å². The highest BCUT2D eigenvalue weighted by Gasteiger charge is 2.03. The highest BCUT2D eigenvalue weighted by molar-refractivity contribution is 6.31. The summed E-state index contributed by atoms with van der Waals surface area (Å²) >= 11 is 6.00. The molecule has 0 saturated heterocycles. The maximum absolute atomic E-state index is 6.00. The Kier molecular flexibility index (Phi) is 6.59. The summed E-state index contributed by atoms with van der Waals surface area (Å²) in [6.07, 6.45) is 8.80. The Balaban J connectivity index is 1.64. The number of aromatic nitrogens is 1. The normalized spacial score (nSPS) is 11.6. The van der Waals surface area contributed by atoms with Crippen molar-refractivity contribution in [3.8, 4) is 0 Å². The predicted molar refractivity (Wildman–Crippen MR) is 92.9 cm³/mol. The van der Waals surface area contributed by atoms with Crippen LogP contribution in [-0.4, -0.2) is 11.5 Å². The first-order valence-electron chi connectivity index (χ1n) is 8.13. The van der Waals surface area contributed by atoms with E-state index in [2.05, 4.69) is 36.4 Å². The Morgan fingerprint density at radius 3 is 2.76 bits per heavy atom. The molecular formula is C18H27ClN2. The third kappa shape index (κ3) is 5.37. The van der Waals surface area contributed by atoms with E-state index >= 15 is 0 Å². The van der Waals surface area contributed by atoms with Crippen molar-refractivity contribution < 1.29 is 0 Å². The molecule has 0 unspecified atom stereocenters. The summed E-state index contributed by atoms with van der Waals surface area (Å²) in [7, 11) is 0. The lowest BCUT2D eigenvalue weighted by Crippen LogP contribution is -2.14.